The fourth-order valence-electron chi connectivity index (χ4n) is 3.91. The molecule has 0 bridgehead atoms. The van der Waals surface area contributed by atoms with Gasteiger partial charge in [-0.25, -0.2) is 0 Å². The Balaban J connectivity index is 1.21. The summed E-state index contributed by atoms with van der Waals surface area (Å²) in [6.07, 6.45) is -0.651. The Morgan fingerprint density at radius 3 is 2.23 bits per heavy atom. The summed E-state index contributed by atoms with van der Waals surface area (Å²) in [5, 5.41) is 20.2. The lowest BCUT2D eigenvalue weighted by Gasteiger charge is -2.28. The van der Waals surface area contributed by atoms with Crippen LogP contribution in [0.15, 0.2) is 90.1 Å². The predicted molar refractivity (Wildman–Crippen MR) is 138 cm³/mol. The molecule has 8 heteroatoms. The van der Waals surface area contributed by atoms with Gasteiger partial charge in [0.25, 0.3) is 0 Å². The SMILES string of the molecule is OC(COc1ccc(-c2ccccc2)cc1)CSc1nnc(N2CCOCC2)n1-c1ccccc1. The maximum Gasteiger partial charge on any atom is 0.232 e. The van der Waals surface area contributed by atoms with Crippen molar-refractivity contribution < 1.29 is 14.6 Å². The molecule has 5 rings (SSSR count). The van der Waals surface area contributed by atoms with Gasteiger partial charge in [-0.05, 0) is 35.4 Å². The maximum absolute atomic E-state index is 10.6. The Labute approximate surface area is 209 Å². The van der Waals surface area contributed by atoms with Crippen LogP contribution in [0.2, 0.25) is 0 Å². The molecule has 0 amide bonds. The van der Waals surface area contributed by atoms with E-state index in [0.29, 0.717) is 19.0 Å². The van der Waals surface area contributed by atoms with Crippen molar-refractivity contribution in [3.8, 4) is 22.6 Å². The zero-order chi connectivity index (χ0) is 23.9. The molecule has 1 aliphatic heterocycles. The molecule has 1 atom stereocenters. The number of nitrogens with zero attached hydrogens (tertiary/aromatic N) is 4. The van der Waals surface area contributed by atoms with Crippen LogP contribution >= 0.6 is 11.8 Å². The van der Waals surface area contributed by atoms with Crippen molar-refractivity contribution >= 4 is 17.7 Å². The van der Waals surface area contributed by atoms with Crippen LogP contribution in [-0.2, 0) is 4.74 Å². The lowest BCUT2D eigenvalue weighted by atomic mass is 10.1. The van der Waals surface area contributed by atoms with E-state index in [9.17, 15) is 5.11 Å². The molecule has 1 aromatic heterocycles. The zero-order valence-electron chi connectivity index (χ0n) is 19.4. The van der Waals surface area contributed by atoms with Gasteiger partial charge in [0.05, 0.1) is 25.0 Å². The van der Waals surface area contributed by atoms with Crippen LogP contribution in [0.25, 0.3) is 16.8 Å². The molecule has 0 saturated carbocycles. The highest BCUT2D eigenvalue weighted by molar-refractivity contribution is 7.99. The molecular weight excluding hydrogens is 460 g/mol. The molecule has 1 aliphatic rings. The van der Waals surface area contributed by atoms with E-state index < -0.39 is 6.10 Å². The summed E-state index contributed by atoms with van der Waals surface area (Å²) in [4.78, 5) is 2.19. The summed E-state index contributed by atoms with van der Waals surface area (Å²) in [7, 11) is 0. The first-order valence-corrected chi connectivity index (χ1v) is 12.7. The van der Waals surface area contributed by atoms with Gasteiger partial charge < -0.3 is 19.5 Å². The number of hydrogen-bond acceptors (Lipinski definition) is 7. The number of thioether (sulfide) groups is 1. The van der Waals surface area contributed by atoms with Crippen LogP contribution in [-0.4, -0.2) is 64.6 Å². The van der Waals surface area contributed by atoms with Crippen LogP contribution in [0, 0.1) is 0 Å². The summed E-state index contributed by atoms with van der Waals surface area (Å²) in [6, 6.07) is 28.2. The number of aliphatic hydroxyl groups is 1. The third kappa shape index (κ3) is 5.85. The number of ether oxygens (including phenoxy) is 2. The topological polar surface area (TPSA) is 72.6 Å². The molecule has 4 aromatic rings. The Morgan fingerprint density at radius 1 is 0.857 bits per heavy atom. The lowest BCUT2D eigenvalue weighted by molar-refractivity contribution is 0.122. The molecule has 180 valence electrons. The fourth-order valence-corrected chi connectivity index (χ4v) is 4.76. The van der Waals surface area contributed by atoms with E-state index in [-0.39, 0.29) is 6.61 Å². The lowest BCUT2D eigenvalue weighted by Crippen LogP contribution is -2.37. The zero-order valence-corrected chi connectivity index (χ0v) is 20.2. The molecule has 35 heavy (non-hydrogen) atoms. The summed E-state index contributed by atoms with van der Waals surface area (Å²) in [6.45, 7) is 3.09. The highest BCUT2D eigenvalue weighted by Crippen LogP contribution is 2.28. The molecule has 0 radical (unpaired) electrons. The number of anilines is 1. The average Bonchev–Trinajstić information content (AvgIpc) is 3.36. The van der Waals surface area contributed by atoms with Crippen LogP contribution in [0.3, 0.4) is 0 Å². The first-order chi connectivity index (χ1) is 17.3. The first-order valence-electron chi connectivity index (χ1n) is 11.7. The van der Waals surface area contributed by atoms with Crippen LogP contribution < -0.4 is 9.64 Å². The smallest absolute Gasteiger partial charge is 0.232 e. The summed E-state index contributed by atoms with van der Waals surface area (Å²) >= 11 is 1.47. The van der Waals surface area contributed by atoms with Crippen LogP contribution in [0.5, 0.6) is 5.75 Å². The van der Waals surface area contributed by atoms with Crippen molar-refractivity contribution in [1.82, 2.24) is 14.8 Å². The van der Waals surface area contributed by atoms with Gasteiger partial charge in [-0.1, -0.05) is 72.4 Å². The summed E-state index contributed by atoms with van der Waals surface area (Å²) in [5.41, 5.74) is 3.28. The van der Waals surface area contributed by atoms with Gasteiger partial charge in [0.2, 0.25) is 5.95 Å². The van der Waals surface area contributed by atoms with E-state index >= 15 is 0 Å². The van der Waals surface area contributed by atoms with Gasteiger partial charge in [-0.15, -0.1) is 10.2 Å². The van der Waals surface area contributed by atoms with Crippen molar-refractivity contribution in [2.75, 3.05) is 43.6 Å². The average molecular weight is 489 g/mol. The first kappa shape index (κ1) is 23.4. The third-order valence-electron chi connectivity index (χ3n) is 5.73. The molecule has 2 heterocycles. The van der Waals surface area contributed by atoms with Crippen molar-refractivity contribution in [2.24, 2.45) is 0 Å². The third-order valence-corrected chi connectivity index (χ3v) is 6.81. The molecule has 3 aromatic carbocycles. The Bertz CT molecular complexity index is 1200. The molecule has 1 unspecified atom stereocenters. The maximum atomic E-state index is 10.6. The van der Waals surface area contributed by atoms with Crippen molar-refractivity contribution in [1.29, 1.82) is 0 Å². The van der Waals surface area contributed by atoms with E-state index in [1.165, 1.54) is 11.8 Å². The molecule has 1 fully saturated rings. The number of benzene rings is 3. The number of morpholine rings is 1. The highest BCUT2D eigenvalue weighted by Gasteiger charge is 2.22. The molecule has 1 N–H and O–H groups in total. The highest BCUT2D eigenvalue weighted by atomic mass is 32.2. The van der Waals surface area contributed by atoms with Gasteiger partial charge in [0, 0.05) is 18.8 Å². The molecular formula is C27H28N4O3S. The van der Waals surface area contributed by atoms with Gasteiger partial charge in [0.15, 0.2) is 5.16 Å². The van der Waals surface area contributed by atoms with Crippen molar-refractivity contribution in [2.45, 2.75) is 11.3 Å². The largest absolute Gasteiger partial charge is 0.491 e. The fraction of sp³-hybridized carbons (Fsp3) is 0.259. The molecule has 0 aliphatic carbocycles. The summed E-state index contributed by atoms with van der Waals surface area (Å²) in [5.74, 6) is 1.97. The Hall–Kier alpha value is -3.33. The predicted octanol–water partition coefficient (Wildman–Crippen LogP) is 4.30. The second kappa shape index (κ2) is 11.4. The van der Waals surface area contributed by atoms with Gasteiger partial charge in [-0.3, -0.25) is 4.57 Å². The Morgan fingerprint density at radius 2 is 1.51 bits per heavy atom. The minimum absolute atomic E-state index is 0.202. The van der Waals surface area contributed by atoms with Crippen LogP contribution in [0.1, 0.15) is 0 Å². The van der Waals surface area contributed by atoms with E-state index in [0.717, 1.165) is 46.8 Å². The van der Waals surface area contributed by atoms with E-state index in [2.05, 4.69) is 27.2 Å². The van der Waals surface area contributed by atoms with E-state index in [1.54, 1.807) is 0 Å². The van der Waals surface area contributed by atoms with E-state index in [1.807, 2.05) is 77.4 Å². The van der Waals surface area contributed by atoms with Crippen LogP contribution in [0.4, 0.5) is 5.95 Å². The van der Waals surface area contributed by atoms with E-state index in [4.69, 9.17) is 9.47 Å². The molecule has 0 spiro atoms. The number of para-hydroxylation sites is 1. The normalized spacial score (nSPS) is 14.6. The van der Waals surface area contributed by atoms with Gasteiger partial charge in [-0.2, -0.15) is 0 Å². The summed E-state index contributed by atoms with van der Waals surface area (Å²) < 4.78 is 13.4. The molecule has 7 nitrogen and oxygen atoms in total. The second-order valence-corrected chi connectivity index (χ2v) is 9.21. The number of rotatable bonds is 9. The van der Waals surface area contributed by atoms with Crippen molar-refractivity contribution in [3.05, 3.63) is 84.9 Å². The monoisotopic (exact) mass is 488 g/mol. The van der Waals surface area contributed by atoms with Gasteiger partial charge >= 0.3 is 0 Å². The van der Waals surface area contributed by atoms with Crippen molar-refractivity contribution in [3.63, 3.8) is 0 Å². The number of aliphatic hydroxyl groups excluding tert-OH is 1. The minimum atomic E-state index is -0.651. The number of aromatic nitrogens is 3. The standard InChI is InChI=1S/C27H28N4O3S/c32-24(19-34-25-13-11-22(12-14-25)21-7-3-1-4-8-21)20-35-27-29-28-26(30-15-17-33-18-16-30)31(27)23-9-5-2-6-10-23/h1-14,24,32H,15-20H2. The van der Waals surface area contributed by atoms with Gasteiger partial charge in [0.1, 0.15) is 12.4 Å². The number of hydrogen-bond donors (Lipinski definition) is 1. The minimum Gasteiger partial charge on any atom is -0.491 e. The molecule has 1 saturated heterocycles. The Kier molecular flexibility index (Phi) is 7.62. The quantitative estimate of drug-likeness (QED) is 0.352. The second-order valence-electron chi connectivity index (χ2n) is 8.22.